The van der Waals surface area contributed by atoms with Crippen LogP contribution in [0.15, 0.2) is 85.5 Å². The summed E-state index contributed by atoms with van der Waals surface area (Å²) < 4.78 is 14.8. The highest BCUT2D eigenvalue weighted by Crippen LogP contribution is 2.28. The second-order valence-electron chi connectivity index (χ2n) is 7.65. The molecule has 168 valence electrons. The molecule has 0 saturated carbocycles. The third-order valence-corrected chi connectivity index (χ3v) is 5.16. The Morgan fingerprint density at radius 3 is 2.47 bits per heavy atom. The Morgan fingerprint density at radius 2 is 1.68 bits per heavy atom. The van der Waals surface area contributed by atoms with Crippen LogP contribution in [0, 0.1) is 5.82 Å². The average Bonchev–Trinajstić information content (AvgIpc) is 3.27. The van der Waals surface area contributed by atoms with Crippen molar-refractivity contribution in [2.24, 2.45) is 7.05 Å². The van der Waals surface area contributed by atoms with E-state index in [0.717, 1.165) is 27.7 Å². The van der Waals surface area contributed by atoms with Gasteiger partial charge in [0.1, 0.15) is 18.0 Å². The first kappa shape index (κ1) is 21.1. The number of halogens is 1. The van der Waals surface area contributed by atoms with Gasteiger partial charge in [0.15, 0.2) is 0 Å². The summed E-state index contributed by atoms with van der Waals surface area (Å²) in [5.41, 5.74) is 4.65. The van der Waals surface area contributed by atoms with E-state index in [1.807, 2.05) is 49.8 Å². The summed E-state index contributed by atoms with van der Waals surface area (Å²) in [7, 11) is 1.88. The molecule has 2 aromatic heterocycles. The van der Waals surface area contributed by atoms with Crippen LogP contribution in [-0.4, -0.2) is 25.8 Å². The molecule has 0 saturated heterocycles. The van der Waals surface area contributed by atoms with Crippen molar-refractivity contribution >= 4 is 39.8 Å². The lowest BCUT2D eigenvalue weighted by molar-refractivity contribution is 0.262. The fraction of sp³-hybridized carbons (Fsp3) is 0.0400. The molecule has 0 aliphatic heterocycles. The summed E-state index contributed by atoms with van der Waals surface area (Å²) in [6.07, 6.45) is 5.27. The molecular formula is C25H20FN7O. The number of hydrogen-bond donors (Lipinski definition) is 3. The number of benzene rings is 3. The summed E-state index contributed by atoms with van der Waals surface area (Å²) in [6.45, 7) is 0. The molecule has 8 nitrogen and oxygen atoms in total. The van der Waals surface area contributed by atoms with Crippen LogP contribution in [0.25, 0.3) is 22.0 Å². The predicted molar refractivity (Wildman–Crippen MR) is 131 cm³/mol. The summed E-state index contributed by atoms with van der Waals surface area (Å²) in [5, 5.41) is 13.8. The molecule has 5 aromatic rings. The number of carbonyl (C=O) groups is 1. The normalized spacial score (nSPS) is 10.8. The molecule has 0 spiro atoms. The molecular weight excluding hydrogens is 433 g/mol. The molecule has 0 bridgehead atoms. The first-order chi connectivity index (χ1) is 16.5. The zero-order valence-electron chi connectivity index (χ0n) is 18.2. The van der Waals surface area contributed by atoms with E-state index in [1.165, 1.54) is 30.6 Å². The van der Waals surface area contributed by atoms with E-state index in [9.17, 15) is 9.18 Å². The minimum absolute atomic E-state index is 0.365. The highest BCUT2D eigenvalue weighted by atomic mass is 19.1. The molecule has 0 fully saturated rings. The number of nitrogens with zero attached hydrogens (tertiary/aromatic N) is 4. The van der Waals surface area contributed by atoms with Crippen molar-refractivity contribution in [2.45, 2.75) is 0 Å². The average molecular weight is 453 g/mol. The highest BCUT2D eigenvalue weighted by Gasteiger charge is 2.09. The van der Waals surface area contributed by atoms with E-state index in [0.29, 0.717) is 17.2 Å². The lowest BCUT2D eigenvalue weighted by atomic mass is 10.1. The van der Waals surface area contributed by atoms with E-state index < -0.39 is 6.03 Å². The molecule has 3 N–H and O–H groups in total. The number of nitrogens with one attached hydrogen (secondary N) is 3. The molecule has 0 aliphatic carbocycles. The number of urea groups is 1. The molecule has 0 radical (unpaired) electrons. The largest absolute Gasteiger partial charge is 0.340 e. The minimum atomic E-state index is -0.431. The van der Waals surface area contributed by atoms with Crippen LogP contribution < -0.4 is 16.0 Å². The van der Waals surface area contributed by atoms with Gasteiger partial charge in [-0.05, 0) is 60.2 Å². The molecule has 0 atom stereocenters. The zero-order chi connectivity index (χ0) is 23.5. The van der Waals surface area contributed by atoms with Gasteiger partial charge in [0.25, 0.3) is 0 Å². The smallest absolute Gasteiger partial charge is 0.323 e. The third-order valence-electron chi connectivity index (χ3n) is 5.16. The maximum absolute atomic E-state index is 13.0. The van der Waals surface area contributed by atoms with E-state index in [4.69, 9.17) is 0 Å². The zero-order valence-corrected chi connectivity index (χ0v) is 18.2. The molecule has 5 rings (SSSR count). The quantitative estimate of drug-likeness (QED) is 0.324. The molecule has 2 heterocycles. The second-order valence-corrected chi connectivity index (χ2v) is 7.65. The predicted octanol–water partition coefficient (Wildman–Crippen LogP) is 5.56. The fourth-order valence-electron chi connectivity index (χ4n) is 3.54. The van der Waals surface area contributed by atoms with E-state index in [-0.39, 0.29) is 5.82 Å². The van der Waals surface area contributed by atoms with Crippen LogP contribution in [0.1, 0.15) is 0 Å². The first-order valence-corrected chi connectivity index (χ1v) is 10.5. The monoisotopic (exact) mass is 453 g/mol. The minimum Gasteiger partial charge on any atom is -0.340 e. The van der Waals surface area contributed by atoms with E-state index in [1.54, 1.807) is 16.8 Å². The molecule has 2 amide bonds. The number of fused-ring (bicyclic) bond motifs is 1. The van der Waals surface area contributed by atoms with Crippen LogP contribution in [0.2, 0.25) is 0 Å². The van der Waals surface area contributed by atoms with Gasteiger partial charge in [0.05, 0.1) is 11.7 Å². The van der Waals surface area contributed by atoms with Crippen LogP contribution in [-0.2, 0) is 7.05 Å². The Hall–Kier alpha value is -4.79. The van der Waals surface area contributed by atoms with Crippen LogP contribution in [0.5, 0.6) is 0 Å². The Labute approximate surface area is 194 Å². The van der Waals surface area contributed by atoms with Crippen molar-refractivity contribution in [2.75, 3.05) is 16.0 Å². The van der Waals surface area contributed by atoms with Gasteiger partial charge in [0.2, 0.25) is 0 Å². The number of rotatable bonds is 5. The first-order valence-electron chi connectivity index (χ1n) is 10.5. The van der Waals surface area contributed by atoms with E-state index >= 15 is 0 Å². The number of carbonyl (C=O) groups excluding carboxylic acids is 1. The number of hydrogen-bond acceptors (Lipinski definition) is 5. The van der Waals surface area contributed by atoms with Crippen LogP contribution in [0.4, 0.5) is 32.1 Å². The molecule has 0 unspecified atom stereocenters. The lowest BCUT2D eigenvalue weighted by Gasteiger charge is -2.12. The number of aromatic nitrogens is 4. The number of amides is 2. The van der Waals surface area contributed by atoms with Crippen molar-refractivity contribution in [3.63, 3.8) is 0 Å². The summed E-state index contributed by atoms with van der Waals surface area (Å²) in [5.74, 6) is 0.283. The van der Waals surface area contributed by atoms with Gasteiger partial charge in [-0.3, -0.25) is 4.68 Å². The summed E-state index contributed by atoms with van der Waals surface area (Å²) in [6, 6.07) is 18.4. The van der Waals surface area contributed by atoms with Crippen molar-refractivity contribution in [1.29, 1.82) is 0 Å². The van der Waals surface area contributed by atoms with Gasteiger partial charge in [-0.25, -0.2) is 19.2 Å². The van der Waals surface area contributed by atoms with Crippen molar-refractivity contribution in [1.82, 2.24) is 19.7 Å². The molecule has 3 aromatic carbocycles. The Balaban J connectivity index is 1.33. The number of anilines is 4. The van der Waals surface area contributed by atoms with Gasteiger partial charge in [-0.2, -0.15) is 5.10 Å². The Bertz CT molecular complexity index is 1480. The van der Waals surface area contributed by atoms with Gasteiger partial charge >= 0.3 is 6.03 Å². The van der Waals surface area contributed by atoms with Gasteiger partial charge in [-0.1, -0.05) is 12.1 Å². The second kappa shape index (κ2) is 8.99. The van der Waals surface area contributed by atoms with Crippen molar-refractivity contribution < 1.29 is 9.18 Å². The maximum atomic E-state index is 13.0. The third kappa shape index (κ3) is 4.68. The lowest BCUT2D eigenvalue weighted by Crippen LogP contribution is -2.19. The van der Waals surface area contributed by atoms with Crippen LogP contribution >= 0.6 is 0 Å². The highest BCUT2D eigenvalue weighted by molar-refractivity contribution is 6.00. The standard InChI is InChI=1S/C25H20FN7O/c1-33-14-17(13-29-33)16-5-10-22-23(11-16)27-15-28-24(22)30-20-3-2-4-21(12-20)32-25(34)31-19-8-6-18(26)7-9-19/h2-15H,1H3,(H,27,28,30)(H2,31,32,34). The maximum Gasteiger partial charge on any atom is 0.323 e. The SMILES string of the molecule is Cn1cc(-c2ccc3c(Nc4cccc(NC(=O)Nc5ccc(F)cc5)c4)ncnc3c2)cn1. The van der Waals surface area contributed by atoms with Gasteiger partial charge < -0.3 is 16.0 Å². The van der Waals surface area contributed by atoms with Gasteiger partial charge in [-0.15, -0.1) is 0 Å². The molecule has 0 aliphatic rings. The fourth-order valence-corrected chi connectivity index (χ4v) is 3.54. The summed E-state index contributed by atoms with van der Waals surface area (Å²) >= 11 is 0. The topological polar surface area (TPSA) is 96.8 Å². The summed E-state index contributed by atoms with van der Waals surface area (Å²) in [4.78, 5) is 21.1. The molecule has 9 heteroatoms. The van der Waals surface area contributed by atoms with Crippen molar-refractivity contribution in [3.05, 3.63) is 91.3 Å². The number of aryl methyl sites for hydroxylation is 1. The Kier molecular flexibility index (Phi) is 5.57. The molecule has 34 heavy (non-hydrogen) atoms. The Morgan fingerprint density at radius 1 is 0.882 bits per heavy atom. The van der Waals surface area contributed by atoms with E-state index in [2.05, 4.69) is 31.0 Å². The van der Waals surface area contributed by atoms with Gasteiger partial charge in [0, 0.05) is 41.3 Å². The van der Waals surface area contributed by atoms with Crippen molar-refractivity contribution in [3.8, 4) is 11.1 Å². The van der Waals surface area contributed by atoms with Crippen LogP contribution in [0.3, 0.4) is 0 Å².